The smallest absolute Gasteiger partial charge is 0.269 e. The molecule has 170 valence electrons. The fourth-order valence-corrected chi connectivity index (χ4v) is 5.85. The quantitative estimate of drug-likeness (QED) is 0.343. The molecule has 3 heterocycles. The molecule has 5 rings (SSSR count). The molecule has 0 unspecified atom stereocenters. The first-order valence-electron chi connectivity index (χ1n) is 12.2. The predicted octanol–water partition coefficient (Wildman–Crippen LogP) is 5.13. The second kappa shape index (κ2) is 9.59. The largest absolute Gasteiger partial charge is 0.493 e. The molecule has 0 amide bonds. The van der Waals surface area contributed by atoms with Crippen molar-refractivity contribution in [3.63, 3.8) is 0 Å². The molecule has 0 spiro atoms. The number of piperidine rings is 1. The minimum absolute atomic E-state index is 0.0949. The van der Waals surface area contributed by atoms with E-state index < -0.39 is 0 Å². The van der Waals surface area contributed by atoms with Crippen LogP contribution in [0.2, 0.25) is 0 Å². The van der Waals surface area contributed by atoms with Crippen LogP contribution < -0.4 is 4.74 Å². The Bertz CT molecular complexity index is 957. The predicted molar refractivity (Wildman–Crippen MR) is 125 cm³/mol. The Balaban J connectivity index is 1.39. The monoisotopic (exact) mass is 435 g/mol. The highest BCUT2D eigenvalue weighted by Crippen LogP contribution is 2.47. The van der Waals surface area contributed by atoms with Gasteiger partial charge < -0.3 is 9.64 Å². The number of hydrogen-bond donors (Lipinski definition) is 0. The standard InChI is InChI=1S/C26H33N3O3/c30-29(31)21-9-4-8-20(18-21)23-19-28-16-6-11-24(28)22-10-5-12-25(26(22)23)32-17-7-15-27-13-2-1-3-14-27/h4-5,8-10,12,18,23-24H,1-3,6-7,11,13-17,19H2/t23-,24-/m0/s1. The molecule has 3 aliphatic heterocycles. The van der Waals surface area contributed by atoms with E-state index in [9.17, 15) is 10.1 Å². The Morgan fingerprint density at radius 3 is 2.72 bits per heavy atom. The molecule has 3 aliphatic rings. The van der Waals surface area contributed by atoms with Gasteiger partial charge in [-0.3, -0.25) is 15.0 Å². The van der Waals surface area contributed by atoms with E-state index in [0.29, 0.717) is 12.6 Å². The van der Waals surface area contributed by atoms with Crippen molar-refractivity contribution in [1.29, 1.82) is 0 Å². The number of nitro groups is 1. The number of nitro benzene ring substituents is 1. The molecule has 6 heteroatoms. The first kappa shape index (κ1) is 21.4. The summed E-state index contributed by atoms with van der Waals surface area (Å²) in [5.41, 5.74) is 3.76. The van der Waals surface area contributed by atoms with Crippen LogP contribution >= 0.6 is 0 Å². The Hall–Kier alpha value is -2.44. The van der Waals surface area contributed by atoms with Gasteiger partial charge in [-0.2, -0.15) is 0 Å². The maximum absolute atomic E-state index is 11.4. The molecular formula is C26H33N3O3. The van der Waals surface area contributed by atoms with Gasteiger partial charge in [0, 0.05) is 42.7 Å². The van der Waals surface area contributed by atoms with Gasteiger partial charge in [0.15, 0.2) is 0 Å². The lowest BCUT2D eigenvalue weighted by Gasteiger charge is -2.38. The fourth-order valence-electron chi connectivity index (χ4n) is 5.85. The topological polar surface area (TPSA) is 58.9 Å². The van der Waals surface area contributed by atoms with Gasteiger partial charge in [0.2, 0.25) is 0 Å². The molecule has 32 heavy (non-hydrogen) atoms. The second-order valence-corrected chi connectivity index (χ2v) is 9.42. The lowest BCUT2D eigenvalue weighted by atomic mass is 9.81. The summed E-state index contributed by atoms with van der Waals surface area (Å²) in [6.07, 6.45) is 7.40. The summed E-state index contributed by atoms with van der Waals surface area (Å²) < 4.78 is 6.39. The third kappa shape index (κ3) is 4.39. The van der Waals surface area contributed by atoms with E-state index in [1.807, 2.05) is 12.1 Å². The minimum atomic E-state index is -0.297. The van der Waals surface area contributed by atoms with Crippen LogP contribution in [0.25, 0.3) is 0 Å². The SMILES string of the molecule is O=[N+]([O-])c1cccc([C@@H]2CN3CCC[C@H]3c3cccc(OCCCN4CCCCC4)c32)c1. The zero-order valence-corrected chi connectivity index (χ0v) is 18.7. The van der Waals surface area contributed by atoms with E-state index in [1.165, 1.54) is 56.3 Å². The van der Waals surface area contributed by atoms with Crippen molar-refractivity contribution in [3.8, 4) is 5.75 Å². The summed E-state index contributed by atoms with van der Waals surface area (Å²) >= 11 is 0. The number of hydrogen-bond acceptors (Lipinski definition) is 5. The van der Waals surface area contributed by atoms with Gasteiger partial charge in [0.25, 0.3) is 5.69 Å². The van der Waals surface area contributed by atoms with E-state index in [0.717, 1.165) is 37.4 Å². The van der Waals surface area contributed by atoms with Crippen molar-refractivity contribution in [2.75, 3.05) is 39.3 Å². The van der Waals surface area contributed by atoms with Crippen LogP contribution in [0.15, 0.2) is 42.5 Å². The summed E-state index contributed by atoms with van der Waals surface area (Å²) in [6.45, 7) is 6.23. The maximum Gasteiger partial charge on any atom is 0.269 e. The van der Waals surface area contributed by atoms with Crippen molar-refractivity contribution in [3.05, 3.63) is 69.3 Å². The normalized spacial score (nSPS) is 23.5. The molecule has 0 N–H and O–H groups in total. The van der Waals surface area contributed by atoms with Crippen LogP contribution in [0.5, 0.6) is 5.75 Å². The van der Waals surface area contributed by atoms with Crippen molar-refractivity contribution in [1.82, 2.24) is 9.80 Å². The van der Waals surface area contributed by atoms with Crippen LogP contribution in [-0.2, 0) is 0 Å². The highest BCUT2D eigenvalue weighted by atomic mass is 16.6. The number of likely N-dealkylation sites (tertiary alicyclic amines) is 1. The lowest BCUT2D eigenvalue weighted by molar-refractivity contribution is -0.384. The Labute approximate surface area is 190 Å². The molecule has 0 aliphatic carbocycles. The Kier molecular flexibility index (Phi) is 6.42. The summed E-state index contributed by atoms with van der Waals surface area (Å²) in [5, 5.41) is 11.4. The first-order chi connectivity index (χ1) is 15.7. The van der Waals surface area contributed by atoms with Crippen LogP contribution in [-0.4, -0.2) is 54.1 Å². The van der Waals surface area contributed by atoms with Gasteiger partial charge >= 0.3 is 0 Å². The third-order valence-electron chi connectivity index (χ3n) is 7.40. The lowest BCUT2D eigenvalue weighted by Crippen LogP contribution is -2.35. The molecule has 2 fully saturated rings. The molecule has 0 aromatic heterocycles. The van der Waals surface area contributed by atoms with Gasteiger partial charge in [-0.1, -0.05) is 30.7 Å². The zero-order valence-electron chi connectivity index (χ0n) is 18.7. The number of benzene rings is 2. The highest BCUT2D eigenvalue weighted by Gasteiger charge is 2.38. The zero-order chi connectivity index (χ0) is 21.9. The molecular weight excluding hydrogens is 402 g/mol. The molecule has 0 radical (unpaired) electrons. The van der Waals surface area contributed by atoms with E-state index >= 15 is 0 Å². The number of rotatable bonds is 7. The highest BCUT2D eigenvalue weighted by molar-refractivity contribution is 5.52. The Morgan fingerprint density at radius 1 is 1.03 bits per heavy atom. The molecule has 2 aromatic carbocycles. The van der Waals surface area contributed by atoms with Gasteiger partial charge in [-0.15, -0.1) is 0 Å². The van der Waals surface area contributed by atoms with Gasteiger partial charge in [0.05, 0.1) is 11.5 Å². The minimum Gasteiger partial charge on any atom is -0.493 e. The van der Waals surface area contributed by atoms with Gasteiger partial charge in [-0.25, -0.2) is 0 Å². The summed E-state index contributed by atoms with van der Waals surface area (Å²) in [7, 11) is 0. The van der Waals surface area contributed by atoms with E-state index in [4.69, 9.17) is 4.74 Å². The van der Waals surface area contributed by atoms with E-state index in [1.54, 1.807) is 12.1 Å². The second-order valence-electron chi connectivity index (χ2n) is 9.42. The molecule has 0 bridgehead atoms. The molecule has 2 aromatic rings. The summed E-state index contributed by atoms with van der Waals surface area (Å²) in [5.74, 6) is 1.06. The number of non-ortho nitro benzene ring substituents is 1. The van der Waals surface area contributed by atoms with Crippen molar-refractivity contribution >= 4 is 5.69 Å². The number of ether oxygens (including phenoxy) is 1. The first-order valence-corrected chi connectivity index (χ1v) is 12.2. The molecule has 6 nitrogen and oxygen atoms in total. The molecule has 2 saturated heterocycles. The average Bonchev–Trinajstić information content (AvgIpc) is 3.31. The van der Waals surface area contributed by atoms with Crippen molar-refractivity contribution in [2.24, 2.45) is 0 Å². The molecule has 2 atom stereocenters. The van der Waals surface area contributed by atoms with Crippen LogP contribution in [0.1, 0.15) is 67.2 Å². The number of nitrogens with zero attached hydrogens (tertiary/aromatic N) is 3. The third-order valence-corrected chi connectivity index (χ3v) is 7.40. The van der Waals surface area contributed by atoms with Crippen LogP contribution in [0.4, 0.5) is 5.69 Å². The fraction of sp³-hybridized carbons (Fsp3) is 0.538. The Morgan fingerprint density at radius 2 is 1.88 bits per heavy atom. The van der Waals surface area contributed by atoms with Gasteiger partial charge in [0.1, 0.15) is 5.75 Å². The van der Waals surface area contributed by atoms with E-state index in [2.05, 4.69) is 28.0 Å². The van der Waals surface area contributed by atoms with Crippen molar-refractivity contribution < 1.29 is 9.66 Å². The maximum atomic E-state index is 11.4. The summed E-state index contributed by atoms with van der Waals surface area (Å²) in [6, 6.07) is 14.1. The van der Waals surface area contributed by atoms with Crippen LogP contribution in [0, 0.1) is 10.1 Å². The van der Waals surface area contributed by atoms with E-state index in [-0.39, 0.29) is 16.5 Å². The summed E-state index contributed by atoms with van der Waals surface area (Å²) in [4.78, 5) is 16.2. The van der Waals surface area contributed by atoms with Gasteiger partial charge in [-0.05, 0) is 68.9 Å². The van der Waals surface area contributed by atoms with Crippen LogP contribution in [0.3, 0.4) is 0 Å². The average molecular weight is 436 g/mol. The molecule has 0 saturated carbocycles. The number of fused-ring (bicyclic) bond motifs is 3. The van der Waals surface area contributed by atoms with Crippen molar-refractivity contribution in [2.45, 2.75) is 50.5 Å².